The van der Waals surface area contributed by atoms with Crippen molar-refractivity contribution in [2.75, 3.05) is 0 Å². The van der Waals surface area contributed by atoms with Gasteiger partial charge in [0.05, 0.1) is 11.3 Å². The topological polar surface area (TPSA) is 56.0 Å². The van der Waals surface area contributed by atoms with Gasteiger partial charge >= 0.3 is 0 Å². The van der Waals surface area contributed by atoms with Crippen LogP contribution in [0.25, 0.3) is 0 Å². The number of carbonyl (C=O) groups excluding carboxylic acids is 1. The first-order chi connectivity index (χ1) is 6.29. The largest absolute Gasteiger partial charge is 0.366 e. The zero-order valence-electron chi connectivity index (χ0n) is 7.36. The Kier molecular flexibility index (Phi) is 2.00. The van der Waals surface area contributed by atoms with Crippen LogP contribution in [-0.4, -0.2) is 10.9 Å². The number of pyridine rings is 1. The first kappa shape index (κ1) is 8.23. The van der Waals surface area contributed by atoms with Crippen molar-refractivity contribution in [2.24, 2.45) is 5.73 Å². The summed E-state index contributed by atoms with van der Waals surface area (Å²) in [5, 5.41) is 0. The highest BCUT2D eigenvalue weighted by Crippen LogP contribution is 2.36. The summed E-state index contributed by atoms with van der Waals surface area (Å²) < 4.78 is 0. The van der Waals surface area contributed by atoms with Gasteiger partial charge in [-0.15, -0.1) is 0 Å². The lowest BCUT2D eigenvalue weighted by molar-refractivity contribution is 0.0997. The third-order valence-corrected chi connectivity index (χ3v) is 2.60. The van der Waals surface area contributed by atoms with Gasteiger partial charge in [-0.3, -0.25) is 9.78 Å². The van der Waals surface area contributed by atoms with E-state index < -0.39 is 0 Å². The van der Waals surface area contributed by atoms with Crippen LogP contribution in [0.4, 0.5) is 0 Å². The average Bonchev–Trinajstić information content (AvgIpc) is 2.02. The van der Waals surface area contributed by atoms with Crippen molar-refractivity contribution in [1.82, 2.24) is 4.98 Å². The SMILES string of the molecule is NC(=O)c1cccnc1C1CCC1. The lowest BCUT2D eigenvalue weighted by Crippen LogP contribution is -2.19. The van der Waals surface area contributed by atoms with Crippen LogP contribution < -0.4 is 5.73 Å². The molecular weight excluding hydrogens is 164 g/mol. The van der Waals surface area contributed by atoms with Crippen molar-refractivity contribution in [3.63, 3.8) is 0 Å². The third kappa shape index (κ3) is 1.41. The van der Waals surface area contributed by atoms with E-state index in [0.29, 0.717) is 11.5 Å². The summed E-state index contributed by atoms with van der Waals surface area (Å²) in [5.41, 5.74) is 6.73. The first-order valence-corrected chi connectivity index (χ1v) is 4.54. The Balaban J connectivity index is 2.36. The van der Waals surface area contributed by atoms with Crippen LogP contribution in [-0.2, 0) is 0 Å². The van der Waals surface area contributed by atoms with Gasteiger partial charge in [-0.25, -0.2) is 0 Å². The minimum Gasteiger partial charge on any atom is -0.366 e. The smallest absolute Gasteiger partial charge is 0.250 e. The van der Waals surface area contributed by atoms with E-state index in [0.717, 1.165) is 18.5 Å². The Hall–Kier alpha value is -1.38. The number of carbonyl (C=O) groups is 1. The van der Waals surface area contributed by atoms with Crippen LogP contribution >= 0.6 is 0 Å². The summed E-state index contributed by atoms with van der Waals surface area (Å²) in [6, 6.07) is 3.51. The molecule has 13 heavy (non-hydrogen) atoms. The predicted octanol–water partition coefficient (Wildman–Crippen LogP) is 1.45. The minimum atomic E-state index is -0.366. The Morgan fingerprint density at radius 2 is 2.31 bits per heavy atom. The molecule has 0 radical (unpaired) electrons. The summed E-state index contributed by atoms with van der Waals surface area (Å²) in [6.07, 6.45) is 5.23. The lowest BCUT2D eigenvalue weighted by atomic mass is 9.81. The van der Waals surface area contributed by atoms with E-state index in [1.54, 1.807) is 18.3 Å². The van der Waals surface area contributed by atoms with Crippen LogP contribution in [0, 0.1) is 0 Å². The average molecular weight is 176 g/mol. The number of hydrogen-bond acceptors (Lipinski definition) is 2. The molecule has 1 amide bonds. The van der Waals surface area contributed by atoms with E-state index in [9.17, 15) is 4.79 Å². The maximum atomic E-state index is 11.0. The maximum Gasteiger partial charge on any atom is 0.250 e. The van der Waals surface area contributed by atoms with Gasteiger partial charge in [-0.05, 0) is 25.0 Å². The van der Waals surface area contributed by atoms with E-state index in [-0.39, 0.29) is 5.91 Å². The molecule has 1 aliphatic rings. The van der Waals surface area contributed by atoms with Crippen molar-refractivity contribution in [2.45, 2.75) is 25.2 Å². The Labute approximate surface area is 77.0 Å². The fraction of sp³-hybridized carbons (Fsp3) is 0.400. The van der Waals surface area contributed by atoms with Gasteiger partial charge in [0, 0.05) is 12.1 Å². The van der Waals surface area contributed by atoms with E-state index >= 15 is 0 Å². The highest BCUT2D eigenvalue weighted by molar-refractivity contribution is 5.94. The molecule has 0 saturated heterocycles. The Morgan fingerprint density at radius 3 is 2.85 bits per heavy atom. The molecule has 1 aliphatic carbocycles. The molecule has 0 unspecified atom stereocenters. The molecule has 0 atom stereocenters. The van der Waals surface area contributed by atoms with Gasteiger partial charge in [0.25, 0.3) is 5.91 Å². The fourth-order valence-electron chi connectivity index (χ4n) is 1.63. The highest BCUT2D eigenvalue weighted by Gasteiger charge is 2.24. The fourth-order valence-corrected chi connectivity index (χ4v) is 1.63. The molecule has 1 fully saturated rings. The molecule has 1 aromatic rings. The molecular formula is C10H12N2O. The molecule has 1 saturated carbocycles. The first-order valence-electron chi connectivity index (χ1n) is 4.54. The summed E-state index contributed by atoms with van der Waals surface area (Å²) >= 11 is 0. The number of rotatable bonds is 2. The standard InChI is InChI=1S/C10H12N2O/c11-10(13)8-5-2-6-12-9(8)7-3-1-4-7/h2,5-7H,1,3-4H2,(H2,11,13). The molecule has 1 aromatic heterocycles. The molecule has 3 heteroatoms. The minimum absolute atomic E-state index is 0.366. The van der Waals surface area contributed by atoms with Gasteiger partial charge in [0.2, 0.25) is 0 Å². The zero-order valence-corrected chi connectivity index (χ0v) is 7.36. The number of aromatic nitrogens is 1. The molecule has 0 bridgehead atoms. The van der Waals surface area contributed by atoms with Crippen molar-refractivity contribution in [1.29, 1.82) is 0 Å². The maximum absolute atomic E-state index is 11.0. The van der Waals surface area contributed by atoms with Crippen LogP contribution in [0.3, 0.4) is 0 Å². The van der Waals surface area contributed by atoms with Crippen molar-refractivity contribution < 1.29 is 4.79 Å². The van der Waals surface area contributed by atoms with Gasteiger partial charge in [0.15, 0.2) is 0 Å². The summed E-state index contributed by atoms with van der Waals surface area (Å²) in [7, 11) is 0. The third-order valence-electron chi connectivity index (χ3n) is 2.60. The second-order valence-electron chi connectivity index (χ2n) is 3.43. The van der Waals surface area contributed by atoms with Gasteiger partial charge in [-0.2, -0.15) is 0 Å². The Bertz CT molecular complexity index is 331. The molecule has 2 rings (SSSR count). The van der Waals surface area contributed by atoms with Gasteiger partial charge in [0.1, 0.15) is 0 Å². The van der Waals surface area contributed by atoms with E-state index in [2.05, 4.69) is 4.98 Å². The van der Waals surface area contributed by atoms with Crippen molar-refractivity contribution >= 4 is 5.91 Å². The summed E-state index contributed by atoms with van der Waals surface area (Å²) in [4.78, 5) is 15.3. The molecule has 0 aliphatic heterocycles. The molecule has 2 N–H and O–H groups in total. The molecule has 3 nitrogen and oxygen atoms in total. The zero-order chi connectivity index (χ0) is 9.26. The lowest BCUT2D eigenvalue weighted by Gasteiger charge is -2.25. The number of nitrogens with two attached hydrogens (primary N) is 1. The summed E-state index contributed by atoms with van der Waals surface area (Å²) in [5.74, 6) is 0.0960. The van der Waals surface area contributed by atoms with Crippen LogP contribution in [0.2, 0.25) is 0 Å². The molecule has 1 heterocycles. The van der Waals surface area contributed by atoms with Gasteiger partial charge < -0.3 is 5.73 Å². The van der Waals surface area contributed by atoms with Crippen molar-refractivity contribution in [3.05, 3.63) is 29.6 Å². The quantitative estimate of drug-likeness (QED) is 0.741. The van der Waals surface area contributed by atoms with Crippen LogP contribution in [0.5, 0.6) is 0 Å². The van der Waals surface area contributed by atoms with Crippen LogP contribution in [0.1, 0.15) is 41.2 Å². The van der Waals surface area contributed by atoms with Gasteiger partial charge in [-0.1, -0.05) is 6.42 Å². The summed E-state index contributed by atoms with van der Waals surface area (Å²) in [6.45, 7) is 0. The monoisotopic (exact) mass is 176 g/mol. The van der Waals surface area contributed by atoms with E-state index in [1.807, 2.05) is 0 Å². The molecule has 0 aromatic carbocycles. The number of amides is 1. The predicted molar refractivity (Wildman–Crippen MR) is 49.3 cm³/mol. The normalized spacial score (nSPS) is 16.6. The Morgan fingerprint density at radius 1 is 1.54 bits per heavy atom. The molecule has 68 valence electrons. The van der Waals surface area contributed by atoms with E-state index in [4.69, 9.17) is 5.73 Å². The molecule has 0 spiro atoms. The van der Waals surface area contributed by atoms with Crippen LogP contribution in [0.15, 0.2) is 18.3 Å². The highest BCUT2D eigenvalue weighted by atomic mass is 16.1. The van der Waals surface area contributed by atoms with E-state index in [1.165, 1.54) is 6.42 Å². The second-order valence-corrected chi connectivity index (χ2v) is 3.43. The number of hydrogen-bond donors (Lipinski definition) is 1. The second kappa shape index (κ2) is 3.17. The van der Waals surface area contributed by atoms with Crippen molar-refractivity contribution in [3.8, 4) is 0 Å². The number of nitrogens with zero attached hydrogens (tertiary/aromatic N) is 1. The number of primary amides is 1.